The third kappa shape index (κ3) is 3.53. The van der Waals surface area contributed by atoms with E-state index in [1.165, 1.54) is 13.3 Å². The number of carbonyl (C=O) groups is 1. The van der Waals surface area contributed by atoms with Gasteiger partial charge < -0.3 is 14.4 Å². The van der Waals surface area contributed by atoms with Crippen molar-refractivity contribution in [2.24, 2.45) is 0 Å². The molecule has 0 unspecified atom stereocenters. The minimum Gasteiger partial charge on any atom is -0.480 e. The number of likely N-dealkylation sites (tertiary alicyclic amines) is 1. The molecule has 0 aliphatic carbocycles. The van der Waals surface area contributed by atoms with Crippen molar-refractivity contribution >= 4 is 5.91 Å². The van der Waals surface area contributed by atoms with Gasteiger partial charge in [-0.3, -0.25) is 9.78 Å². The summed E-state index contributed by atoms with van der Waals surface area (Å²) in [4.78, 5) is 22.3. The summed E-state index contributed by atoms with van der Waals surface area (Å²) in [6.45, 7) is 2.93. The molecule has 8 nitrogen and oxygen atoms in total. The predicted octanol–water partition coefficient (Wildman–Crippen LogP) is 0.877. The van der Waals surface area contributed by atoms with Crippen LogP contribution in [0.4, 0.5) is 0 Å². The number of hydrogen-bond donors (Lipinski definition) is 0. The second-order valence-corrected chi connectivity index (χ2v) is 5.24. The van der Waals surface area contributed by atoms with Crippen LogP contribution in [0.1, 0.15) is 22.6 Å². The number of aryl methyl sites for hydroxylation is 1. The van der Waals surface area contributed by atoms with E-state index in [4.69, 9.17) is 9.47 Å². The van der Waals surface area contributed by atoms with Gasteiger partial charge in [0.25, 0.3) is 5.91 Å². The lowest BCUT2D eigenvalue weighted by molar-refractivity contribution is 0.0764. The van der Waals surface area contributed by atoms with Crippen molar-refractivity contribution in [1.29, 1.82) is 0 Å². The SMILES string of the molecule is COc1ccc(O[C@@H]2CCN(C(=O)c3cnc(C)cn3)C2)nn1. The highest BCUT2D eigenvalue weighted by atomic mass is 16.5. The van der Waals surface area contributed by atoms with Gasteiger partial charge in [-0.25, -0.2) is 4.98 Å². The van der Waals surface area contributed by atoms with Gasteiger partial charge in [-0.05, 0) is 6.92 Å². The molecule has 8 heteroatoms. The number of carbonyl (C=O) groups excluding carboxylic acids is 1. The highest BCUT2D eigenvalue weighted by molar-refractivity contribution is 5.92. The summed E-state index contributed by atoms with van der Waals surface area (Å²) in [5, 5.41) is 7.78. The van der Waals surface area contributed by atoms with Gasteiger partial charge in [0.15, 0.2) is 0 Å². The van der Waals surface area contributed by atoms with Gasteiger partial charge in [0.05, 0.1) is 25.5 Å². The molecular formula is C15H17N5O3. The minimum atomic E-state index is -0.135. The number of nitrogens with zero attached hydrogens (tertiary/aromatic N) is 5. The van der Waals surface area contributed by atoms with Gasteiger partial charge in [0.1, 0.15) is 11.8 Å². The molecule has 1 aliphatic heterocycles. The third-order valence-corrected chi connectivity index (χ3v) is 3.54. The first-order valence-electron chi connectivity index (χ1n) is 7.28. The van der Waals surface area contributed by atoms with Crippen LogP contribution in [-0.2, 0) is 0 Å². The predicted molar refractivity (Wildman–Crippen MR) is 80.3 cm³/mol. The second-order valence-electron chi connectivity index (χ2n) is 5.24. The Morgan fingerprint density at radius 2 is 2.00 bits per heavy atom. The maximum Gasteiger partial charge on any atom is 0.274 e. The Labute approximate surface area is 133 Å². The molecule has 0 bridgehead atoms. The van der Waals surface area contributed by atoms with E-state index in [0.29, 0.717) is 30.5 Å². The molecule has 23 heavy (non-hydrogen) atoms. The van der Waals surface area contributed by atoms with Crippen LogP contribution in [0, 0.1) is 6.92 Å². The van der Waals surface area contributed by atoms with Crippen LogP contribution in [0.2, 0.25) is 0 Å². The number of methoxy groups -OCH3 is 1. The van der Waals surface area contributed by atoms with Gasteiger partial charge in [-0.1, -0.05) is 0 Å². The van der Waals surface area contributed by atoms with Crippen molar-refractivity contribution in [1.82, 2.24) is 25.1 Å². The summed E-state index contributed by atoms with van der Waals surface area (Å²) in [5.74, 6) is 0.711. The van der Waals surface area contributed by atoms with Gasteiger partial charge in [0.2, 0.25) is 11.8 Å². The Balaban J connectivity index is 1.59. The molecule has 120 valence electrons. The van der Waals surface area contributed by atoms with Gasteiger partial charge >= 0.3 is 0 Å². The number of ether oxygens (including phenoxy) is 2. The van der Waals surface area contributed by atoms with Gasteiger partial charge in [0, 0.05) is 31.3 Å². The molecule has 1 saturated heterocycles. The summed E-state index contributed by atoms with van der Waals surface area (Å²) >= 11 is 0. The van der Waals surface area contributed by atoms with E-state index in [1.54, 1.807) is 23.2 Å². The highest BCUT2D eigenvalue weighted by Gasteiger charge is 2.29. The Hall–Kier alpha value is -2.77. The summed E-state index contributed by atoms with van der Waals surface area (Å²) < 4.78 is 10.7. The number of aromatic nitrogens is 4. The lowest BCUT2D eigenvalue weighted by atomic mass is 10.3. The standard InChI is InChI=1S/C15H17N5O3/c1-10-7-17-12(8-16-10)15(21)20-6-5-11(9-20)23-14-4-3-13(22-2)18-19-14/h3-4,7-8,11H,5-6,9H2,1-2H3/t11-/m1/s1. The van der Waals surface area contributed by atoms with Crippen LogP contribution < -0.4 is 9.47 Å². The number of hydrogen-bond acceptors (Lipinski definition) is 7. The fourth-order valence-corrected chi connectivity index (χ4v) is 2.32. The van der Waals surface area contributed by atoms with E-state index in [-0.39, 0.29) is 12.0 Å². The first-order valence-corrected chi connectivity index (χ1v) is 7.28. The summed E-state index contributed by atoms with van der Waals surface area (Å²) in [6, 6.07) is 3.38. The van der Waals surface area contributed by atoms with Crippen molar-refractivity contribution in [3.63, 3.8) is 0 Å². The normalized spacial score (nSPS) is 17.1. The third-order valence-electron chi connectivity index (χ3n) is 3.54. The van der Waals surface area contributed by atoms with Gasteiger partial charge in [-0.15, -0.1) is 10.2 Å². The molecule has 2 aromatic heterocycles. The van der Waals surface area contributed by atoms with Crippen LogP contribution in [-0.4, -0.2) is 57.3 Å². The Morgan fingerprint density at radius 3 is 2.65 bits per heavy atom. The van der Waals surface area contributed by atoms with E-state index in [0.717, 1.165) is 12.1 Å². The van der Waals surface area contributed by atoms with Crippen LogP contribution in [0.3, 0.4) is 0 Å². The zero-order chi connectivity index (χ0) is 16.2. The summed E-state index contributed by atoms with van der Waals surface area (Å²) in [6.07, 6.45) is 3.71. The van der Waals surface area contributed by atoms with Crippen molar-refractivity contribution in [2.45, 2.75) is 19.4 Å². The molecule has 1 aliphatic rings. The van der Waals surface area contributed by atoms with Gasteiger partial charge in [-0.2, -0.15) is 0 Å². The van der Waals surface area contributed by atoms with Crippen molar-refractivity contribution < 1.29 is 14.3 Å². The average Bonchev–Trinajstić information content (AvgIpc) is 3.04. The lowest BCUT2D eigenvalue weighted by Crippen LogP contribution is -2.31. The molecule has 1 fully saturated rings. The Bertz CT molecular complexity index is 675. The molecule has 0 aromatic carbocycles. The van der Waals surface area contributed by atoms with Crippen molar-refractivity contribution in [3.05, 3.63) is 35.9 Å². The molecule has 2 aromatic rings. The first-order chi connectivity index (χ1) is 11.2. The van der Waals surface area contributed by atoms with Crippen LogP contribution in [0.25, 0.3) is 0 Å². The Kier molecular flexibility index (Phi) is 4.31. The number of rotatable bonds is 4. The van der Waals surface area contributed by atoms with E-state index in [1.807, 2.05) is 6.92 Å². The molecule has 3 rings (SSSR count). The maximum atomic E-state index is 12.4. The summed E-state index contributed by atoms with van der Waals surface area (Å²) in [5.41, 5.74) is 1.13. The molecule has 1 amide bonds. The first kappa shape index (κ1) is 15.1. The molecule has 1 atom stereocenters. The molecule has 0 N–H and O–H groups in total. The van der Waals surface area contributed by atoms with Crippen molar-refractivity contribution in [3.8, 4) is 11.8 Å². The van der Waals surface area contributed by atoms with E-state index in [9.17, 15) is 4.79 Å². The fourth-order valence-electron chi connectivity index (χ4n) is 2.32. The molecular weight excluding hydrogens is 298 g/mol. The number of amides is 1. The zero-order valence-electron chi connectivity index (χ0n) is 13.0. The zero-order valence-corrected chi connectivity index (χ0v) is 13.0. The highest BCUT2D eigenvalue weighted by Crippen LogP contribution is 2.18. The maximum absolute atomic E-state index is 12.4. The van der Waals surface area contributed by atoms with Crippen LogP contribution >= 0.6 is 0 Å². The topological polar surface area (TPSA) is 90.3 Å². The average molecular weight is 315 g/mol. The van der Waals surface area contributed by atoms with Crippen LogP contribution in [0.5, 0.6) is 11.8 Å². The quantitative estimate of drug-likeness (QED) is 0.827. The summed E-state index contributed by atoms with van der Waals surface area (Å²) in [7, 11) is 1.53. The smallest absolute Gasteiger partial charge is 0.274 e. The molecule has 0 saturated carbocycles. The molecule has 0 radical (unpaired) electrons. The van der Waals surface area contributed by atoms with Crippen molar-refractivity contribution in [2.75, 3.05) is 20.2 Å². The molecule has 0 spiro atoms. The Morgan fingerprint density at radius 1 is 1.22 bits per heavy atom. The monoisotopic (exact) mass is 315 g/mol. The van der Waals surface area contributed by atoms with E-state index in [2.05, 4.69) is 20.2 Å². The minimum absolute atomic E-state index is 0.111. The van der Waals surface area contributed by atoms with Crippen LogP contribution in [0.15, 0.2) is 24.5 Å². The lowest BCUT2D eigenvalue weighted by Gasteiger charge is -2.16. The van der Waals surface area contributed by atoms with E-state index >= 15 is 0 Å². The fraction of sp³-hybridized carbons (Fsp3) is 0.400. The molecule has 3 heterocycles. The van der Waals surface area contributed by atoms with E-state index < -0.39 is 0 Å². The second kappa shape index (κ2) is 6.55. The largest absolute Gasteiger partial charge is 0.480 e.